The van der Waals surface area contributed by atoms with Gasteiger partial charge in [0.25, 0.3) is 5.91 Å². The molecule has 0 saturated heterocycles. The van der Waals surface area contributed by atoms with Gasteiger partial charge in [-0.25, -0.2) is 4.79 Å². The number of carboxylic acid groups (broad SMARTS) is 1. The van der Waals surface area contributed by atoms with E-state index in [0.717, 1.165) is 0 Å². The number of ketones is 1. The van der Waals surface area contributed by atoms with Crippen LogP contribution in [0.15, 0.2) is 22.6 Å². The summed E-state index contributed by atoms with van der Waals surface area (Å²) >= 11 is 0. The average Bonchev–Trinajstić information content (AvgIpc) is 2.93. The highest BCUT2D eigenvalue weighted by Gasteiger charge is 2.29. The Morgan fingerprint density at radius 2 is 2.04 bits per heavy atom. The van der Waals surface area contributed by atoms with Gasteiger partial charge in [-0.05, 0) is 31.5 Å². The number of aryl methyl sites for hydroxylation is 1. The van der Waals surface area contributed by atoms with Crippen molar-refractivity contribution in [1.82, 2.24) is 0 Å². The average molecular weight is 343 g/mol. The fourth-order valence-corrected chi connectivity index (χ4v) is 2.97. The first-order valence-electron chi connectivity index (χ1n) is 7.80. The summed E-state index contributed by atoms with van der Waals surface area (Å²) in [4.78, 5) is 35.6. The van der Waals surface area contributed by atoms with E-state index < -0.39 is 11.9 Å². The number of furan rings is 1. The number of hydrogen-bond acceptors (Lipinski definition) is 5. The highest BCUT2D eigenvalue weighted by molar-refractivity contribution is 6.08. The Hall–Kier alpha value is -3.09. The third kappa shape index (κ3) is 3.00. The van der Waals surface area contributed by atoms with E-state index in [4.69, 9.17) is 14.3 Å². The van der Waals surface area contributed by atoms with Crippen molar-refractivity contribution in [1.29, 1.82) is 0 Å². The number of ether oxygens (including phenoxy) is 1. The van der Waals surface area contributed by atoms with E-state index in [1.807, 2.05) is 0 Å². The third-order valence-electron chi connectivity index (χ3n) is 4.21. The number of amides is 1. The van der Waals surface area contributed by atoms with Crippen molar-refractivity contribution in [2.24, 2.45) is 0 Å². The molecule has 0 saturated carbocycles. The fourth-order valence-electron chi connectivity index (χ4n) is 2.97. The molecule has 1 aliphatic carbocycles. The quantitative estimate of drug-likeness (QED) is 0.884. The summed E-state index contributed by atoms with van der Waals surface area (Å²) in [6.07, 6.45) is 1.80. The van der Waals surface area contributed by atoms with Crippen molar-refractivity contribution >= 4 is 23.3 Å². The van der Waals surface area contributed by atoms with Gasteiger partial charge < -0.3 is 19.6 Å². The first-order valence-corrected chi connectivity index (χ1v) is 7.80. The van der Waals surface area contributed by atoms with Crippen LogP contribution in [0.3, 0.4) is 0 Å². The molecule has 0 atom stereocenters. The number of methoxy groups -OCH3 is 1. The zero-order chi connectivity index (χ0) is 18.1. The minimum atomic E-state index is -1.09. The number of rotatable bonds is 4. The molecule has 0 spiro atoms. The van der Waals surface area contributed by atoms with Crippen LogP contribution >= 0.6 is 0 Å². The highest BCUT2D eigenvalue weighted by atomic mass is 16.5. The van der Waals surface area contributed by atoms with Crippen molar-refractivity contribution < 1.29 is 28.6 Å². The Morgan fingerprint density at radius 1 is 1.28 bits per heavy atom. The number of Topliss-reactive ketones (excluding diaryl/α,β-unsaturated/α-hetero) is 1. The topological polar surface area (TPSA) is 106 Å². The van der Waals surface area contributed by atoms with Crippen LogP contribution in [0.5, 0.6) is 5.75 Å². The number of carboxylic acids is 1. The van der Waals surface area contributed by atoms with Gasteiger partial charge >= 0.3 is 5.97 Å². The van der Waals surface area contributed by atoms with Crippen molar-refractivity contribution in [2.45, 2.75) is 26.2 Å². The maximum absolute atomic E-state index is 12.6. The second-order valence-corrected chi connectivity index (χ2v) is 5.81. The minimum Gasteiger partial charge on any atom is -0.495 e. The SMILES string of the molecule is COc1cc(C(=O)O)ccc1NC(=O)c1oc2c(c1C)C(=O)CCC2. The second-order valence-electron chi connectivity index (χ2n) is 5.81. The number of hydrogen-bond donors (Lipinski definition) is 2. The largest absolute Gasteiger partial charge is 0.495 e. The Labute approximate surface area is 143 Å². The van der Waals surface area contributed by atoms with E-state index in [1.165, 1.54) is 25.3 Å². The first kappa shape index (κ1) is 16.8. The summed E-state index contributed by atoms with van der Waals surface area (Å²) in [5, 5.41) is 11.7. The third-order valence-corrected chi connectivity index (χ3v) is 4.21. The Morgan fingerprint density at radius 3 is 2.68 bits per heavy atom. The lowest BCUT2D eigenvalue weighted by atomic mass is 9.94. The lowest BCUT2D eigenvalue weighted by molar-refractivity contribution is 0.0696. The standard InChI is InChI=1S/C18H17NO6/c1-9-15-12(20)4-3-5-13(15)25-16(9)17(21)19-11-7-6-10(18(22)23)8-14(11)24-2/h6-8H,3-5H2,1-2H3,(H,19,21)(H,22,23). The summed E-state index contributed by atoms with van der Waals surface area (Å²) < 4.78 is 10.7. The van der Waals surface area contributed by atoms with E-state index in [9.17, 15) is 14.4 Å². The van der Waals surface area contributed by atoms with Crippen molar-refractivity contribution in [3.8, 4) is 5.75 Å². The van der Waals surface area contributed by atoms with Crippen molar-refractivity contribution in [2.75, 3.05) is 12.4 Å². The van der Waals surface area contributed by atoms with Crippen LogP contribution < -0.4 is 10.1 Å². The maximum Gasteiger partial charge on any atom is 0.335 e. The number of aromatic carboxylic acids is 1. The van der Waals surface area contributed by atoms with Crippen LogP contribution in [0.1, 0.15) is 55.4 Å². The van der Waals surface area contributed by atoms with Crippen LogP contribution in [0, 0.1) is 6.92 Å². The van der Waals surface area contributed by atoms with E-state index >= 15 is 0 Å². The second kappa shape index (κ2) is 6.43. The Bertz CT molecular complexity index is 880. The van der Waals surface area contributed by atoms with Gasteiger partial charge in [-0.3, -0.25) is 9.59 Å². The molecule has 1 aliphatic rings. The lowest BCUT2D eigenvalue weighted by Gasteiger charge is -2.10. The molecular weight excluding hydrogens is 326 g/mol. The number of benzene rings is 1. The molecule has 2 aromatic rings. The Balaban J connectivity index is 1.91. The van der Waals surface area contributed by atoms with Gasteiger partial charge in [0.1, 0.15) is 11.5 Å². The molecule has 0 aliphatic heterocycles. The fraction of sp³-hybridized carbons (Fsp3) is 0.278. The van der Waals surface area contributed by atoms with Gasteiger partial charge in [-0.15, -0.1) is 0 Å². The zero-order valence-corrected chi connectivity index (χ0v) is 13.8. The van der Waals surface area contributed by atoms with Gasteiger partial charge in [-0.1, -0.05) is 0 Å². The lowest BCUT2D eigenvalue weighted by Crippen LogP contribution is -2.14. The van der Waals surface area contributed by atoms with Gasteiger partial charge in [0.2, 0.25) is 0 Å². The van der Waals surface area contributed by atoms with Crippen LogP contribution in [-0.2, 0) is 6.42 Å². The van der Waals surface area contributed by atoms with E-state index in [-0.39, 0.29) is 22.9 Å². The summed E-state index contributed by atoms with van der Waals surface area (Å²) in [5.41, 5.74) is 1.39. The van der Waals surface area contributed by atoms with Gasteiger partial charge in [0.15, 0.2) is 11.5 Å². The molecule has 0 radical (unpaired) electrons. The molecule has 2 N–H and O–H groups in total. The zero-order valence-electron chi connectivity index (χ0n) is 13.8. The predicted molar refractivity (Wildman–Crippen MR) is 88.6 cm³/mol. The summed E-state index contributed by atoms with van der Waals surface area (Å²) in [6, 6.07) is 4.13. The summed E-state index contributed by atoms with van der Waals surface area (Å²) in [7, 11) is 1.38. The number of fused-ring (bicyclic) bond motifs is 1. The number of carbonyl (C=O) groups is 3. The molecule has 7 nitrogen and oxygen atoms in total. The van der Waals surface area contributed by atoms with Gasteiger partial charge in [0, 0.05) is 18.4 Å². The Kier molecular flexibility index (Phi) is 4.31. The monoisotopic (exact) mass is 343 g/mol. The van der Waals surface area contributed by atoms with Crippen molar-refractivity contribution in [3.63, 3.8) is 0 Å². The maximum atomic E-state index is 12.6. The molecule has 25 heavy (non-hydrogen) atoms. The molecule has 1 aromatic carbocycles. The van der Waals surface area contributed by atoms with Gasteiger partial charge in [0.05, 0.1) is 23.9 Å². The molecule has 7 heteroatoms. The molecule has 0 bridgehead atoms. The smallest absolute Gasteiger partial charge is 0.335 e. The number of anilines is 1. The number of carbonyl (C=O) groups excluding carboxylic acids is 2. The molecule has 1 aromatic heterocycles. The number of nitrogens with one attached hydrogen (secondary N) is 1. The molecule has 1 heterocycles. The van der Waals surface area contributed by atoms with E-state index in [0.29, 0.717) is 41.8 Å². The van der Waals surface area contributed by atoms with Crippen LogP contribution in [-0.4, -0.2) is 29.9 Å². The molecule has 0 fully saturated rings. The summed E-state index contributed by atoms with van der Waals surface area (Å²) in [6.45, 7) is 1.69. The van der Waals surface area contributed by atoms with Crippen molar-refractivity contribution in [3.05, 3.63) is 46.4 Å². The van der Waals surface area contributed by atoms with Crippen LogP contribution in [0.2, 0.25) is 0 Å². The molecule has 1 amide bonds. The van der Waals surface area contributed by atoms with Gasteiger partial charge in [-0.2, -0.15) is 0 Å². The minimum absolute atomic E-state index is 0.00931. The van der Waals surface area contributed by atoms with Crippen LogP contribution in [0.25, 0.3) is 0 Å². The summed E-state index contributed by atoms with van der Waals surface area (Å²) in [5.74, 6) is -0.759. The molecule has 3 rings (SSSR count). The van der Waals surface area contributed by atoms with E-state index in [2.05, 4.69) is 5.32 Å². The predicted octanol–water partition coefficient (Wildman–Crippen LogP) is 3.07. The normalized spacial score (nSPS) is 13.3. The van der Waals surface area contributed by atoms with Crippen LogP contribution in [0.4, 0.5) is 5.69 Å². The first-order chi connectivity index (χ1) is 11.9. The molecular formula is C18H17NO6. The molecule has 130 valence electrons. The van der Waals surface area contributed by atoms with E-state index in [1.54, 1.807) is 6.92 Å². The molecule has 0 unspecified atom stereocenters. The highest BCUT2D eigenvalue weighted by Crippen LogP contribution is 2.31.